The minimum absolute atomic E-state index is 0.0581. The molecule has 1 aromatic rings. The Balaban J connectivity index is 1.74. The zero-order chi connectivity index (χ0) is 13.0. The summed E-state index contributed by atoms with van der Waals surface area (Å²) in [6.45, 7) is 2.63. The summed E-state index contributed by atoms with van der Waals surface area (Å²) in [4.78, 5) is 11.6. The molecular formula is C14H20N2O2. The molecule has 1 saturated carbocycles. The van der Waals surface area contributed by atoms with Crippen molar-refractivity contribution >= 4 is 5.91 Å². The first-order valence-electron chi connectivity index (χ1n) is 6.40. The minimum atomic E-state index is -0.0581. The van der Waals surface area contributed by atoms with Crippen LogP contribution in [-0.2, 0) is 11.3 Å². The zero-order valence-electron chi connectivity index (χ0n) is 10.7. The molecule has 4 nitrogen and oxygen atoms in total. The Morgan fingerprint density at radius 3 is 2.67 bits per heavy atom. The molecule has 1 aromatic carbocycles. The molecule has 0 heterocycles. The van der Waals surface area contributed by atoms with E-state index in [-0.39, 0.29) is 18.6 Å². The van der Waals surface area contributed by atoms with Crippen LogP contribution < -0.4 is 15.8 Å². The number of hydrogen-bond acceptors (Lipinski definition) is 3. The van der Waals surface area contributed by atoms with Crippen LogP contribution in [0, 0.1) is 5.92 Å². The standard InChI is InChI=1S/C14H20N2O2/c1-10(12-4-5-12)16-14(17)9-18-13-6-2-11(8-15)3-7-13/h2-3,6-7,10,12H,4-5,8-9,15H2,1H3,(H,16,17). The van der Waals surface area contributed by atoms with Gasteiger partial charge in [-0.15, -0.1) is 0 Å². The number of ether oxygens (including phenoxy) is 1. The number of hydrogen-bond donors (Lipinski definition) is 2. The molecule has 1 aliphatic rings. The van der Waals surface area contributed by atoms with Crippen LogP contribution >= 0.6 is 0 Å². The molecule has 98 valence electrons. The highest BCUT2D eigenvalue weighted by molar-refractivity contribution is 5.77. The summed E-state index contributed by atoms with van der Waals surface area (Å²) in [5.41, 5.74) is 6.56. The quantitative estimate of drug-likeness (QED) is 0.800. The average Bonchev–Trinajstić information content (AvgIpc) is 3.21. The van der Waals surface area contributed by atoms with Crippen LogP contribution in [0.5, 0.6) is 5.75 Å². The molecule has 4 heteroatoms. The van der Waals surface area contributed by atoms with Gasteiger partial charge >= 0.3 is 0 Å². The van der Waals surface area contributed by atoms with Gasteiger partial charge in [0, 0.05) is 12.6 Å². The lowest BCUT2D eigenvalue weighted by molar-refractivity contribution is -0.123. The molecule has 1 atom stereocenters. The van der Waals surface area contributed by atoms with Gasteiger partial charge in [-0.25, -0.2) is 0 Å². The fraction of sp³-hybridized carbons (Fsp3) is 0.500. The Kier molecular flexibility index (Phi) is 4.20. The summed E-state index contributed by atoms with van der Waals surface area (Å²) >= 11 is 0. The minimum Gasteiger partial charge on any atom is -0.484 e. The van der Waals surface area contributed by atoms with Gasteiger partial charge in [-0.2, -0.15) is 0 Å². The van der Waals surface area contributed by atoms with Crippen LogP contribution in [0.3, 0.4) is 0 Å². The smallest absolute Gasteiger partial charge is 0.258 e. The van der Waals surface area contributed by atoms with Crippen molar-refractivity contribution < 1.29 is 9.53 Å². The predicted molar refractivity (Wildman–Crippen MR) is 70.2 cm³/mol. The number of benzene rings is 1. The van der Waals surface area contributed by atoms with Gasteiger partial charge in [0.05, 0.1) is 0 Å². The van der Waals surface area contributed by atoms with Crippen molar-refractivity contribution in [2.75, 3.05) is 6.61 Å². The van der Waals surface area contributed by atoms with Crippen LogP contribution in [0.25, 0.3) is 0 Å². The van der Waals surface area contributed by atoms with Crippen molar-refractivity contribution in [1.82, 2.24) is 5.32 Å². The third-order valence-electron chi connectivity index (χ3n) is 3.25. The van der Waals surface area contributed by atoms with E-state index in [2.05, 4.69) is 5.32 Å². The SMILES string of the molecule is CC(NC(=O)COc1ccc(CN)cc1)C1CC1. The molecule has 0 radical (unpaired) electrons. The lowest BCUT2D eigenvalue weighted by Gasteiger charge is -2.13. The lowest BCUT2D eigenvalue weighted by atomic mass is 10.2. The van der Waals surface area contributed by atoms with Gasteiger partial charge < -0.3 is 15.8 Å². The van der Waals surface area contributed by atoms with Crippen LogP contribution in [-0.4, -0.2) is 18.6 Å². The zero-order valence-corrected chi connectivity index (χ0v) is 10.7. The van der Waals surface area contributed by atoms with E-state index in [9.17, 15) is 4.79 Å². The second-order valence-electron chi connectivity index (χ2n) is 4.83. The fourth-order valence-electron chi connectivity index (χ4n) is 1.88. The highest BCUT2D eigenvalue weighted by atomic mass is 16.5. The van der Waals surface area contributed by atoms with Gasteiger partial charge in [0.2, 0.25) is 0 Å². The molecule has 1 unspecified atom stereocenters. The number of carbonyl (C=O) groups excluding carboxylic acids is 1. The van der Waals surface area contributed by atoms with E-state index in [4.69, 9.17) is 10.5 Å². The second-order valence-corrected chi connectivity index (χ2v) is 4.83. The summed E-state index contributed by atoms with van der Waals surface area (Å²) in [6, 6.07) is 7.74. The Morgan fingerprint density at radius 1 is 1.44 bits per heavy atom. The van der Waals surface area contributed by atoms with E-state index in [0.29, 0.717) is 18.2 Å². The largest absolute Gasteiger partial charge is 0.484 e. The van der Waals surface area contributed by atoms with Crippen molar-refractivity contribution in [3.63, 3.8) is 0 Å². The third-order valence-corrected chi connectivity index (χ3v) is 3.25. The van der Waals surface area contributed by atoms with Gasteiger partial charge in [0.25, 0.3) is 5.91 Å². The summed E-state index contributed by atoms with van der Waals surface area (Å²) in [6.07, 6.45) is 2.45. The van der Waals surface area contributed by atoms with Gasteiger partial charge in [0.15, 0.2) is 6.61 Å². The molecule has 0 aromatic heterocycles. The van der Waals surface area contributed by atoms with E-state index in [1.165, 1.54) is 12.8 Å². The van der Waals surface area contributed by atoms with E-state index >= 15 is 0 Å². The molecular weight excluding hydrogens is 228 g/mol. The average molecular weight is 248 g/mol. The summed E-state index contributed by atoms with van der Waals surface area (Å²) in [7, 11) is 0. The van der Waals surface area contributed by atoms with Crippen LogP contribution in [0.4, 0.5) is 0 Å². The fourth-order valence-corrected chi connectivity index (χ4v) is 1.88. The number of rotatable bonds is 6. The Bertz CT molecular complexity index is 399. The highest BCUT2D eigenvalue weighted by Gasteiger charge is 2.28. The second kappa shape index (κ2) is 5.87. The summed E-state index contributed by atoms with van der Waals surface area (Å²) < 4.78 is 5.42. The normalized spacial score (nSPS) is 16.1. The Hall–Kier alpha value is -1.55. The lowest BCUT2D eigenvalue weighted by Crippen LogP contribution is -2.37. The maximum atomic E-state index is 11.6. The number of nitrogens with one attached hydrogen (secondary N) is 1. The summed E-state index contributed by atoms with van der Waals surface area (Å²) in [5, 5.41) is 2.95. The highest BCUT2D eigenvalue weighted by Crippen LogP contribution is 2.32. The van der Waals surface area contributed by atoms with Gasteiger partial charge in [-0.1, -0.05) is 12.1 Å². The molecule has 1 fully saturated rings. The van der Waals surface area contributed by atoms with Crippen molar-refractivity contribution in [2.45, 2.75) is 32.4 Å². The number of nitrogens with two attached hydrogens (primary N) is 1. The van der Waals surface area contributed by atoms with Crippen LogP contribution in [0.1, 0.15) is 25.3 Å². The van der Waals surface area contributed by atoms with Crippen LogP contribution in [0.2, 0.25) is 0 Å². The van der Waals surface area contributed by atoms with Crippen molar-refractivity contribution in [1.29, 1.82) is 0 Å². The first-order chi connectivity index (χ1) is 8.69. The van der Waals surface area contributed by atoms with Crippen molar-refractivity contribution in [2.24, 2.45) is 11.7 Å². The van der Waals surface area contributed by atoms with E-state index in [1.807, 2.05) is 31.2 Å². The maximum absolute atomic E-state index is 11.6. The molecule has 0 saturated heterocycles. The molecule has 0 aliphatic heterocycles. The number of carbonyl (C=O) groups is 1. The molecule has 3 N–H and O–H groups in total. The molecule has 2 rings (SSSR count). The van der Waals surface area contributed by atoms with Gasteiger partial charge in [-0.05, 0) is 43.4 Å². The Morgan fingerprint density at radius 2 is 2.11 bits per heavy atom. The molecule has 0 bridgehead atoms. The first kappa shape index (κ1) is 12.9. The van der Waals surface area contributed by atoms with E-state index in [1.54, 1.807) is 0 Å². The van der Waals surface area contributed by atoms with E-state index < -0.39 is 0 Å². The topological polar surface area (TPSA) is 64.3 Å². The Labute approximate surface area is 108 Å². The van der Waals surface area contributed by atoms with E-state index in [0.717, 1.165) is 5.56 Å². The molecule has 1 aliphatic carbocycles. The molecule has 1 amide bonds. The molecule has 18 heavy (non-hydrogen) atoms. The van der Waals surface area contributed by atoms with Crippen molar-refractivity contribution in [3.05, 3.63) is 29.8 Å². The summed E-state index contributed by atoms with van der Waals surface area (Å²) in [5.74, 6) is 1.30. The van der Waals surface area contributed by atoms with Gasteiger partial charge in [-0.3, -0.25) is 4.79 Å². The van der Waals surface area contributed by atoms with Gasteiger partial charge in [0.1, 0.15) is 5.75 Å². The third kappa shape index (κ3) is 3.74. The maximum Gasteiger partial charge on any atom is 0.258 e. The first-order valence-corrected chi connectivity index (χ1v) is 6.40. The van der Waals surface area contributed by atoms with Crippen LogP contribution in [0.15, 0.2) is 24.3 Å². The van der Waals surface area contributed by atoms with Crippen molar-refractivity contribution in [3.8, 4) is 5.75 Å². The monoisotopic (exact) mass is 248 g/mol. The number of amides is 1. The molecule has 0 spiro atoms. The predicted octanol–water partition coefficient (Wildman–Crippen LogP) is 1.44.